The third kappa shape index (κ3) is 4.76. The number of carbonyl (C=O) groups excluding carboxylic acids is 5. The van der Waals surface area contributed by atoms with Gasteiger partial charge in [-0.1, -0.05) is 27.7 Å². The third-order valence-corrected chi connectivity index (χ3v) is 16.6. The molecule has 0 amide bonds. The summed E-state index contributed by atoms with van der Waals surface area (Å²) in [6, 6.07) is 0. The Bertz CT molecular complexity index is 1620. The highest BCUT2D eigenvalue weighted by atomic mass is 16.7. The summed E-state index contributed by atoms with van der Waals surface area (Å²) in [6.07, 6.45) is 3.11. The predicted molar refractivity (Wildman–Crippen MR) is 189 cm³/mol. The first kappa shape index (κ1) is 40.2. The lowest BCUT2D eigenvalue weighted by atomic mass is 9.44. The zero-order valence-corrected chi connectivity index (χ0v) is 33.0. The number of rotatable bonds is 7. The van der Waals surface area contributed by atoms with Crippen LogP contribution in [0.4, 0.5) is 0 Å². The zero-order chi connectivity index (χ0) is 39.8. The Morgan fingerprint density at radius 1 is 0.815 bits per heavy atom. The van der Waals surface area contributed by atoms with E-state index in [-0.39, 0.29) is 46.9 Å². The highest BCUT2D eigenvalue weighted by Gasteiger charge is 2.85. The van der Waals surface area contributed by atoms with Crippen molar-refractivity contribution >= 4 is 28.9 Å². The molecule has 0 aromatic heterocycles. The lowest BCUT2D eigenvalue weighted by molar-refractivity contribution is -0.409. The van der Waals surface area contributed by atoms with E-state index in [2.05, 4.69) is 27.7 Å². The number of aliphatic hydroxyl groups is 4. The molecule has 302 valence electrons. The van der Waals surface area contributed by atoms with Crippen LogP contribution in [0, 0.1) is 52.3 Å². The van der Waals surface area contributed by atoms with E-state index in [4.69, 9.17) is 18.9 Å². The minimum Gasteiger partial charge on any atom is -0.394 e. The van der Waals surface area contributed by atoms with Crippen LogP contribution in [0.1, 0.15) is 113 Å². The highest BCUT2D eigenvalue weighted by Crippen LogP contribution is 2.70. The average Bonchev–Trinajstić information content (AvgIpc) is 3.56. The summed E-state index contributed by atoms with van der Waals surface area (Å²) in [4.78, 5) is 68.0. The Hall–Kier alpha value is -1.97. The monoisotopic (exact) mass is 760 g/mol. The van der Waals surface area contributed by atoms with Crippen molar-refractivity contribution in [3.05, 3.63) is 0 Å². The molecule has 7 aliphatic rings. The Balaban J connectivity index is 1.16. The van der Waals surface area contributed by atoms with Crippen molar-refractivity contribution in [1.82, 2.24) is 0 Å². The maximum atomic E-state index is 14.6. The van der Waals surface area contributed by atoms with Crippen LogP contribution >= 0.6 is 0 Å². The first-order valence-corrected chi connectivity index (χ1v) is 20.1. The number of ketones is 5. The molecule has 54 heavy (non-hydrogen) atoms. The second kappa shape index (κ2) is 12.8. The highest BCUT2D eigenvalue weighted by molar-refractivity contribution is 6.09. The van der Waals surface area contributed by atoms with Crippen LogP contribution in [0.5, 0.6) is 0 Å². The van der Waals surface area contributed by atoms with Crippen molar-refractivity contribution in [3.8, 4) is 0 Å². The number of hydrogen-bond acceptors (Lipinski definition) is 13. The van der Waals surface area contributed by atoms with Gasteiger partial charge in [0.1, 0.15) is 11.9 Å². The van der Waals surface area contributed by atoms with E-state index in [9.17, 15) is 44.4 Å². The van der Waals surface area contributed by atoms with Crippen molar-refractivity contribution in [2.24, 2.45) is 52.3 Å². The van der Waals surface area contributed by atoms with Gasteiger partial charge in [-0.3, -0.25) is 24.0 Å². The van der Waals surface area contributed by atoms with Crippen LogP contribution < -0.4 is 0 Å². The maximum absolute atomic E-state index is 14.6. The molecule has 7 fully saturated rings. The van der Waals surface area contributed by atoms with Crippen LogP contribution in [0.25, 0.3) is 0 Å². The van der Waals surface area contributed by atoms with Crippen LogP contribution in [0.3, 0.4) is 0 Å². The van der Waals surface area contributed by atoms with Gasteiger partial charge in [0, 0.05) is 37.0 Å². The summed E-state index contributed by atoms with van der Waals surface area (Å²) in [7, 11) is 0. The summed E-state index contributed by atoms with van der Waals surface area (Å²) in [5.41, 5.74) is -11.3. The number of ether oxygens (including phenoxy) is 4. The minimum absolute atomic E-state index is 0.0131. The molecule has 13 heteroatoms. The molecule has 1 spiro atoms. The van der Waals surface area contributed by atoms with Gasteiger partial charge in [-0.05, 0) is 101 Å². The summed E-state index contributed by atoms with van der Waals surface area (Å²) in [6.45, 7) is 11.7. The van der Waals surface area contributed by atoms with E-state index in [0.29, 0.717) is 44.1 Å². The molecule has 0 bridgehead atoms. The molecule has 13 nitrogen and oxygen atoms in total. The molecule has 0 unspecified atom stereocenters. The standard InChI is InChI=1S/C41H60O13/c1-20-11-14-37(51-19-20)21(2)34-31(53-37)16-30-28-10-9-26-15-27(12-13-35(26,7)29(28)17-32(47)36(30,34)8)52-41(25(6)46)40(50,24(5)45)39(49,23(4)44)38(48,22(3)43)33(18-42)54-41/h20-21,26-31,33-34,42,48-50H,9-19H2,1-8H3/t20-,21+,26+,27+,28-,29+,30+,31+,33-,34+,35+,36-,37-,38-,39+,40-,41-/m1/s1. The van der Waals surface area contributed by atoms with E-state index in [0.717, 1.165) is 59.8 Å². The van der Waals surface area contributed by atoms with Gasteiger partial charge in [0.25, 0.3) is 5.79 Å². The molecule has 0 radical (unpaired) electrons. The topological polar surface area (TPSA) is 203 Å². The number of aliphatic hydroxyl groups excluding tert-OH is 1. The van der Waals surface area contributed by atoms with Crippen molar-refractivity contribution in [2.75, 3.05) is 13.2 Å². The number of hydrogen-bond donors (Lipinski definition) is 4. The van der Waals surface area contributed by atoms with Gasteiger partial charge in [-0.25, -0.2) is 0 Å². The van der Waals surface area contributed by atoms with Crippen LogP contribution in [-0.4, -0.2) is 109 Å². The van der Waals surface area contributed by atoms with Gasteiger partial charge in [0.15, 0.2) is 34.5 Å². The molecule has 7 rings (SSSR count). The quantitative estimate of drug-likeness (QED) is 0.276. The lowest BCUT2D eigenvalue weighted by Gasteiger charge is -2.63. The molecule has 0 aromatic rings. The first-order chi connectivity index (χ1) is 25.1. The van der Waals surface area contributed by atoms with Crippen molar-refractivity contribution < 1.29 is 63.3 Å². The zero-order valence-electron chi connectivity index (χ0n) is 33.0. The number of Topliss-reactive ketones (excluding diaryl/α,β-unsaturated/α-hetero) is 5. The largest absolute Gasteiger partial charge is 0.394 e. The molecule has 0 aromatic carbocycles. The van der Waals surface area contributed by atoms with Gasteiger partial charge in [-0.2, -0.15) is 0 Å². The second-order valence-corrected chi connectivity index (χ2v) is 18.9. The molecule has 3 heterocycles. The Kier molecular flexibility index (Phi) is 9.51. The van der Waals surface area contributed by atoms with E-state index < -0.39 is 75.7 Å². The maximum Gasteiger partial charge on any atom is 0.270 e. The SMILES string of the molecule is CC(=O)[C@@]1(O[C@H]2CC[C@@]3(C)[C@@H](CC[C@@H]4[C@@H]3CC(=O)[C@]3(C)[C@@H]5[C@H](C[C@@H]43)O[C@]3(CC[C@@H](C)CO3)[C@H]5C)C2)O[C@H](CO)[C@](O)(C(C)=O)[C@@](O)(C(C)=O)[C@]1(O)C(C)=O. The van der Waals surface area contributed by atoms with Gasteiger partial charge in [0.2, 0.25) is 11.2 Å². The van der Waals surface area contributed by atoms with Gasteiger partial charge >= 0.3 is 0 Å². The molecule has 3 saturated heterocycles. The smallest absolute Gasteiger partial charge is 0.270 e. The summed E-state index contributed by atoms with van der Waals surface area (Å²) in [5, 5.41) is 46.2. The summed E-state index contributed by atoms with van der Waals surface area (Å²) < 4.78 is 25.5. The molecule has 17 atom stereocenters. The predicted octanol–water partition coefficient (Wildman–Crippen LogP) is 2.63. The van der Waals surface area contributed by atoms with Gasteiger partial charge in [0.05, 0.1) is 25.4 Å². The molecule has 4 saturated carbocycles. The van der Waals surface area contributed by atoms with E-state index in [1.54, 1.807) is 0 Å². The van der Waals surface area contributed by atoms with Crippen molar-refractivity contribution in [3.63, 3.8) is 0 Å². The average molecular weight is 761 g/mol. The third-order valence-electron chi connectivity index (χ3n) is 16.6. The fourth-order valence-electron chi connectivity index (χ4n) is 13.6. The first-order valence-electron chi connectivity index (χ1n) is 20.1. The fraction of sp³-hybridized carbons (Fsp3) is 0.878. The summed E-state index contributed by atoms with van der Waals surface area (Å²) >= 11 is 0. The van der Waals surface area contributed by atoms with E-state index >= 15 is 0 Å². The van der Waals surface area contributed by atoms with Gasteiger partial charge in [-0.15, -0.1) is 0 Å². The Morgan fingerprint density at radius 3 is 2.04 bits per heavy atom. The second-order valence-electron chi connectivity index (χ2n) is 18.9. The Labute approximate surface area is 317 Å². The van der Waals surface area contributed by atoms with Crippen LogP contribution in [0.2, 0.25) is 0 Å². The summed E-state index contributed by atoms with van der Waals surface area (Å²) in [5.74, 6) is -7.25. The molecular weight excluding hydrogens is 700 g/mol. The van der Waals surface area contributed by atoms with E-state index in [1.807, 2.05) is 0 Å². The van der Waals surface area contributed by atoms with E-state index in [1.165, 1.54) is 0 Å². The molecule has 3 aliphatic heterocycles. The lowest BCUT2D eigenvalue weighted by Crippen LogP contribution is -2.91. The van der Waals surface area contributed by atoms with Crippen molar-refractivity contribution in [2.45, 2.75) is 160 Å². The molecular formula is C41H60O13. The van der Waals surface area contributed by atoms with Gasteiger partial charge < -0.3 is 39.4 Å². The van der Waals surface area contributed by atoms with Crippen LogP contribution in [0.15, 0.2) is 0 Å². The number of fused-ring (bicyclic) bond motifs is 7. The van der Waals surface area contributed by atoms with Crippen molar-refractivity contribution in [1.29, 1.82) is 0 Å². The normalized spacial score (nSPS) is 54.0. The number of carbonyl (C=O) groups is 5. The molecule has 4 aliphatic carbocycles. The molecule has 4 N–H and O–H groups in total. The fourth-order valence-corrected chi connectivity index (χ4v) is 13.6. The minimum atomic E-state index is -3.63. The Morgan fingerprint density at radius 2 is 1.48 bits per heavy atom. The van der Waals surface area contributed by atoms with Crippen LogP contribution in [-0.2, 0) is 42.9 Å².